The number of esters is 2. The molecule has 0 rings (SSSR count). The van der Waals surface area contributed by atoms with Gasteiger partial charge in [-0.1, -0.05) is 6.92 Å². The van der Waals surface area contributed by atoms with E-state index >= 15 is 0 Å². The van der Waals surface area contributed by atoms with Crippen molar-refractivity contribution in [3.8, 4) is 0 Å². The van der Waals surface area contributed by atoms with Gasteiger partial charge in [0.1, 0.15) is 13.2 Å². The van der Waals surface area contributed by atoms with Gasteiger partial charge in [-0.3, -0.25) is 0 Å². The lowest BCUT2D eigenvalue weighted by molar-refractivity contribution is -0.151. The lowest BCUT2D eigenvalue weighted by Gasteiger charge is -2.05. The Morgan fingerprint density at radius 1 is 1.06 bits per heavy atom. The first kappa shape index (κ1) is 14.9. The highest BCUT2D eigenvalue weighted by Crippen LogP contribution is 1.88. The SMILES string of the molecule is CCCOC(=O)COCCCOC(=O)CO. The van der Waals surface area contributed by atoms with Gasteiger partial charge in [0.05, 0.1) is 19.8 Å². The highest BCUT2D eigenvalue weighted by Gasteiger charge is 2.02. The Bertz CT molecular complexity index is 203. The zero-order valence-corrected chi connectivity index (χ0v) is 9.44. The van der Waals surface area contributed by atoms with E-state index in [4.69, 9.17) is 14.6 Å². The molecule has 16 heavy (non-hydrogen) atoms. The van der Waals surface area contributed by atoms with E-state index < -0.39 is 18.5 Å². The highest BCUT2D eigenvalue weighted by molar-refractivity contribution is 5.70. The molecule has 6 nitrogen and oxygen atoms in total. The summed E-state index contributed by atoms with van der Waals surface area (Å²) in [5.41, 5.74) is 0. The molecule has 0 unspecified atom stereocenters. The summed E-state index contributed by atoms with van der Waals surface area (Å²) in [4.78, 5) is 21.4. The molecule has 0 aliphatic rings. The van der Waals surface area contributed by atoms with Crippen molar-refractivity contribution >= 4 is 11.9 Å². The molecule has 1 N–H and O–H groups in total. The maximum atomic E-state index is 10.9. The van der Waals surface area contributed by atoms with Gasteiger partial charge in [-0.2, -0.15) is 0 Å². The van der Waals surface area contributed by atoms with Crippen LogP contribution in [0.4, 0.5) is 0 Å². The van der Waals surface area contributed by atoms with Crippen molar-refractivity contribution in [1.82, 2.24) is 0 Å². The van der Waals surface area contributed by atoms with E-state index in [1.54, 1.807) is 0 Å². The van der Waals surface area contributed by atoms with Crippen LogP contribution in [-0.2, 0) is 23.8 Å². The molecule has 0 aromatic rings. The molecule has 0 bridgehead atoms. The van der Waals surface area contributed by atoms with Crippen molar-refractivity contribution in [2.24, 2.45) is 0 Å². The number of hydrogen-bond acceptors (Lipinski definition) is 6. The van der Waals surface area contributed by atoms with Crippen LogP contribution in [0.2, 0.25) is 0 Å². The maximum Gasteiger partial charge on any atom is 0.332 e. The molecule has 0 spiro atoms. The van der Waals surface area contributed by atoms with Crippen LogP contribution in [0.15, 0.2) is 0 Å². The molecule has 0 radical (unpaired) electrons. The minimum atomic E-state index is -0.664. The minimum absolute atomic E-state index is 0.0893. The number of aliphatic hydroxyl groups excluding tert-OH is 1. The van der Waals surface area contributed by atoms with Crippen LogP contribution >= 0.6 is 0 Å². The Morgan fingerprint density at radius 2 is 1.75 bits per heavy atom. The molecule has 0 fully saturated rings. The van der Waals surface area contributed by atoms with E-state index in [2.05, 4.69) is 4.74 Å². The van der Waals surface area contributed by atoms with Gasteiger partial charge in [0, 0.05) is 6.42 Å². The van der Waals surface area contributed by atoms with Gasteiger partial charge in [0.25, 0.3) is 0 Å². The summed E-state index contributed by atoms with van der Waals surface area (Å²) in [6.45, 7) is 2.07. The van der Waals surface area contributed by atoms with E-state index in [1.807, 2.05) is 6.92 Å². The first-order chi connectivity index (χ1) is 7.70. The number of carbonyl (C=O) groups excluding carboxylic acids is 2. The fraction of sp³-hybridized carbons (Fsp3) is 0.800. The number of carbonyl (C=O) groups is 2. The average Bonchev–Trinajstić information content (AvgIpc) is 2.30. The number of aliphatic hydroxyl groups is 1. The Morgan fingerprint density at radius 3 is 2.38 bits per heavy atom. The van der Waals surface area contributed by atoms with Crippen LogP contribution in [0.1, 0.15) is 19.8 Å². The van der Waals surface area contributed by atoms with Crippen molar-refractivity contribution in [2.75, 3.05) is 33.0 Å². The summed E-state index contributed by atoms with van der Waals surface area (Å²) in [5, 5.41) is 8.33. The van der Waals surface area contributed by atoms with E-state index in [0.29, 0.717) is 19.6 Å². The molecular formula is C10H18O6. The van der Waals surface area contributed by atoms with Gasteiger partial charge in [-0.25, -0.2) is 9.59 Å². The molecule has 0 aromatic carbocycles. The summed E-state index contributed by atoms with van der Waals surface area (Å²) in [6.07, 6.45) is 1.26. The molecule has 6 heteroatoms. The lowest BCUT2D eigenvalue weighted by Crippen LogP contribution is -2.15. The Hall–Kier alpha value is -1.14. The van der Waals surface area contributed by atoms with Crippen molar-refractivity contribution in [3.05, 3.63) is 0 Å². The predicted octanol–water partition coefficient (Wildman–Crippen LogP) is -0.118. The van der Waals surface area contributed by atoms with Gasteiger partial charge in [0.15, 0.2) is 0 Å². The minimum Gasteiger partial charge on any atom is -0.464 e. The Kier molecular flexibility index (Phi) is 9.64. The van der Waals surface area contributed by atoms with Gasteiger partial charge >= 0.3 is 11.9 Å². The second-order valence-electron chi connectivity index (χ2n) is 3.01. The number of rotatable bonds is 9. The quantitative estimate of drug-likeness (QED) is 0.442. The topological polar surface area (TPSA) is 82.1 Å². The smallest absolute Gasteiger partial charge is 0.332 e. The summed E-state index contributed by atoms with van der Waals surface area (Å²) in [7, 11) is 0. The second-order valence-corrected chi connectivity index (χ2v) is 3.01. The first-order valence-electron chi connectivity index (χ1n) is 5.20. The summed E-state index contributed by atoms with van der Waals surface area (Å²) < 4.78 is 14.3. The van der Waals surface area contributed by atoms with Crippen LogP contribution in [0.25, 0.3) is 0 Å². The third kappa shape index (κ3) is 9.42. The zero-order chi connectivity index (χ0) is 12.2. The van der Waals surface area contributed by atoms with Crippen LogP contribution < -0.4 is 0 Å². The molecule has 94 valence electrons. The molecule has 0 aromatic heterocycles. The Balaban J connectivity index is 3.20. The van der Waals surface area contributed by atoms with Crippen molar-refractivity contribution in [1.29, 1.82) is 0 Å². The molecule has 0 saturated carbocycles. The number of ether oxygens (including phenoxy) is 3. The van der Waals surface area contributed by atoms with Crippen molar-refractivity contribution in [2.45, 2.75) is 19.8 Å². The van der Waals surface area contributed by atoms with Crippen LogP contribution in [-0.4, -0.2) is 50.1 Å². The zero-order valence-electron chi connectivity index (χ0n) is 9.44. The molecular weight excluding hydrogens is 216 g/mol. The van der Waals surface area contributed by atoms with Crippen molar-refractivity contribution in [3.63, 3.8) is 0 Å². The Labute approximate surface area is 94.5 Å². The molecule has 0 aliphatic carbocycles. The molecule has 0 amide bonds. The molecule has 0 heterocycles. The third-order valence-electron chi connectivity index (χ3n) is 1.51. The van der Waals surface area contributed by atoms with E-state index in [9.17, 15) is 9.59 Å². The maximum absolute atomic E-state index is 10.9. The second kappa shape index (κ2) is 10.4. The average molecular weight is 234 g/mol. The molecule has 0 atom stereocenters. The van der Waals surface area contributed by atoms with Gasteiger partial charge < -0.3 is 19.3 Å². The monoisotopic (exact) mass is 234 g/mol. The van der Waals surface area contributed by atoms with Crippen LogP contribution in [0, 0.1) is 0 Å². The molecule has 0 saturated heterocycles. The fourth-order valence-corrected chi connectivity index (χ4v) is 0.806. The van der Waals surface area contributed by atoms with Crippen LogP contribution in [0.5, 0.6) is 0 Å². The number of hydrogen-bond donors (Lipinski definition) is 1. The standard InChI is InChI=1S/C10H18O6/c1-2-4-15-10(13)8-14-5-3-6-16-9(12)7-11/h11H,2-8H2,1H3. The van der Waals surface area contributed by atoms with Crippen LogP contribution in [0.3, 0.4) is 0 Å². The predicted molar refractivity (Wildman–Crippen MR) is 54.7 cm³/mol. The summed E-state index contributed by atoms with van der Waals surface area (Å²) >= 11 is 0. The normalized spacial score (nSPS) is 9.88. The first-order valence-corrected chi connectivity index (χ1v) is 5.20. The largest absolute Gasteiger partial charge is 0.464 e. The van der Waals surface area contributed by atoms with Gasteiger partial charge in [-0.05, 0) is 6.42 Å². The molecule has 0 aliphatic heterocycles. The summed E-state index contributed by atoms with van der Waals surface area (Å²) in [5.74, 6) is -1.06. The highest BCUT2D eigenvalue weighted by atomic mass is 16.6. The van der Waals surface area contributed by atoms with Gasteiger partial charge in [0.2, 0.25) is 0 Å². The van der Waals surface area contributed by atoms with Gasteiger partial charge in [-0.15, -0.1) is 0 Å². The lowest BCUT2D eigenvalue weighted by atomic mass is 10.5. The van der Waals surface area contributed by atoms with Crippen molar-refractivity contribution < 1.29 is 28.9 Å². The van der Waals surface area contributed by atoms with E-state index in [1.165, 1.54) is 0 Å². The van der Waals surface area contributed by atoms with E-state index in [0.717, 1.165) is 6.42 Å². The fourth-order valence-electron chi connectivity index (χ4n) is 0.806. The van der Waals surface area contributed by atoms with E-state index in [-0.39, 0.29) is 13.2 Å². The third-order valence-corrected chi connectivity index (χ3v) is 1.51. The summed E-state index contributed by atoms with van der Waals surface area (Å²) in [6, 6.07) is 0.